The number of aromatic carboxylic acids is 2. The smallest absolute Gasteiger partial charge is 0.335 e. The van der Waals surface area contributed by atoms with Gasteiger partial charge in [0.25, 0.3) is 0 Å². The van der Waals surface area contributed by atoms with Crippen LogP contribution in [0.2, 0.25) is 0 Å². The number of carboxylic acid groups (broad SMARTS) is 2. The molecule has 0 amide bonds. The minimum absolute atomic E-state index is 0.167. The molecule has 2 aromatic carbocycles. The molecule has 28 heavy (non-hydrogen) atoms. The minimum atomic E-state index is -0.879. The Morgan fingerprint density at radius 3 is 1.00 bits per heavy atom. The van der Waals surface area contributed by atoms with Gasteiger partial charge in [-0.3, -0.25) is 0 Å². The Balaban J connectivity index is 0.000000391. The average Bonchev–Trinajstić information content (AvgIpc) is 2.69. The molecule has 6 nitrogen and oxygen atoms in total. The van der Waals surface area contributed by atoms with Crippen molar-refractivity contribution in [3.63, 3.8) is 0 Å². The molecule has 0 aliphatic rings. The molecular formula is C22H30O6. The Bertz CT molecular complexity index is 621. The Labute approximate surface area is 166 Å². The molecule has 2 aromatic rings. The molecule has 2 rings (SSSR count). The molecule has 154 valence electrons. The lowest BCUT2D eigenvalue weighted by atomic mass is 9.88. The van der Waals surface area contributed by atoms with Crippen LogP contribution in [0.5, 0.6) is 0 Å². The largest absolute Gasteiger partial charge is 0.478 e. The van der Waals surface area contributed by atoms with E-state index in [1.807, 2.05) is 13.8 Å². The molecule has 0 spiro atoms. The maximum atomic E-state index is 10.2. The first-order valence-corrected chi connectivity index (χ1v) is 9.00. The Morgan fingerprint density at radius 2 is 0.857 bits per heavy atom. The molecular weight excluding hydrogens is 360 g/mol. The van der Waals surface area contributed by atoms with E-state index in [2.05, 4.69) is 0 Å². The number of carbonyl (C=O) groups is 2. The summed E-state index contributed by atoms with van der Waals surface area (Å²) in [6.45, 7) is 7.40. The van der Waals surface area contributed by atoms with Crippen LogP contribution in [-0.2, 0) is 0 Å². The fourth-order valence-electron chi connectivity index (χ4n) is 2.04. The van der Waals surface area contributed by atoms with Gasteiger partial charge in [0.2, 0.25) is 0 Å². The first-order chi connectivity index (χ1) is 13.1. The Hall–Kier alpha value is -2.70. The van der Waals surface area contributed by atoms with E-state index in [0.717, 1.165) is 0 Å². The van der Waals surface area contributed by atoms with E-state index in [-0.39, 0.29) is 24.0 Å². The molecule has 0 heterocycles. The van der Waals surface area contributed by atoms with Crippen molar-refractivity contribution in [2.24, 2.45) is 11.8 Å². The van der Waals surface area contributed by atoms with Gasteiger partial charge in [-0.25, -0.2) is 9.59 Å². The summed E-state index contributed by atoms with van der Waals surface area (Å²) in [6, 6.07) is 16.6. The summed E-state index contributed by atoms with van der Waals surface area (Å²) in [5.74, 6) is -1.42. The third-order valence-corrected chi connectivity index (χ3v) is 4.39. The summed E-state index contributed by atoms with van der Waals surface area (Å²) >= 11 is 0. The average molecular weight is 390 g/mol. The second-order valence-electron chi connectivity index (χ2n) is 6.54. The molecule has 0 radical (unpaired) electrons. The van der Waals surface area contributed by atoms with E-state index in [9.17, 15) is 9.59 Å². The molecule has 0 saturated carbocycles. The number of rotatable bonds is 5. The normalized spacial score (nSPS) is 14.1. The van der Waals surface area contributed by atoms with Gasteiger partial charge in [-0.1, -0.05) is 50.2 Å². The van der Waals surface area contributed by atoms with Crippen LogP contribution in [0.4, 0.5) is 0 Å². The second-order valence-corrected chi connectivity index (χ2v) is 6.54. The van der Waals surface area contributed by atoms with Crippen molar-refractivity contribution in [1.82, 2.24) is 0 Å². The van der Waals surface area contributed by atoms with Crippen molar-refractivity contribution in [2.45, 2.75) is 39.9 Å². The molecule has 0 saturated heterocycles. The predicted molar refractivity (Wildman–Crippen MR) is 108 cm³/mol. The third kappa shape index (κ3) is 10.4. The monoisotopic (exact) mass is 390 g/mol. The molecule has 0 aromatic heterocycles. The van der Waals surface area contributed by atoms with Gasteiger partial charge in [-0.15, -0.1) is 0 Å². The number of aliphatic hydroxyl groups is 2. The van der Waals surface area contributed by atoms with E-state index in [4.69, 9.17) is 20.4 Å². The number of aliphatic hydroxyl groups excluding tert-OH is 2. The van der Waals surface area contributed by atoms with Crippen molar-refractivity contribution in [1.29, 1.82) is 0 Å². The lowest BCUT2D eigenvalue weighted by molar-refractivity contribution is 0.0398. The number of hydrogen-bond acceptors (Lipinski definition) is 4. The van der Waals surface area contributed by atoms with Gasteiger partial charge in [-0.05, 0) is 49.9 Å². The van der Waals surface area contributed by atoms with E-state index in [0.29, 0.717) is 11.1 Å². The quantitative estimate of drug-likeness (QED) is 0.617. The van der Waals surface area contributed by atoms with Gasteiger partial charge < -0.3 is 20.4 Å². The molecule has 0 aliphatic carbocycles. The maximum Gasteiger partial charge on any atom is 0.335 e. The summed E-state index contributed by atoms with van der Waals surface area (Å²) < 4.78 is 0. The van der Waals surface area contributed by atoms with Crippen molar-refractivity contribution in [3.05, 3.63) is 71.8 Å². The molecule has 0 fully saturated rings. The van der Waals surface area contributed by atoms with Crippen molar-refractivity contribution in [2.75, 3.05) is 0 Å². The zero-order chi connectivity index (χ0) is 21.7. The molecule has 4 unspecified atom stereocenters. The first-order valence-electron chi connectivity index (χ1n) is 9.00. The number of carboxylic acids is 2. The van der Waals surface area contributed by atoms with Gasteiger partial charge in [-0.2, -0.15) is 0 Å². The second kappa shape index (κ2) is 13.5. The van der Waals surface area contributed by atoms with E-state index in [1.54, 1.807) is 74.5 Å². The zero-order valence-electron chi connectivity index (χ0n) is 16.7. The van der Waals surface area contributed by atoms with Crippen LogP contribution >= 0.6 is 0 Å². The van der Waals surface area contributed by atoms with Gasteiger partial charge in [0.1, 0.15) is 0 Å². The van der Waals surface area contributed by atoms with Gasteiger partial charge in [0.05, 0.1) is 23.3 Å². The topological polar surface area (TPSA) is 115 Å². The zero-order valence-corrected chi connectivity index (χ0v) is 16.7. The molecule has 4 N–H and O–H groups in total. The number of benzene rings is 2. The molecule has 0 aliphatic heterocycles. The SMILES string of the molecule is CC(O)C(C)C(C)C(C)O.O=C(O)c1ccccc1.O=C(O)c1ccccc1. The van der Waals surface area contributed by atoms with Crippen LogP contribution in [0.1, 0.15) is 48.4 Å². The summed E-state index contributed by atoms with van der Waals surface area (Å²) in [5, 5.41) is 35.0. The number of hydrogen-bond donors (Lipinski definition) is 4. The third-order valence-electron chi connectivity index (χ3n) is 4.39. The Morgan fingerprint density at radius 1 is 0.607 bits per heavy atom. The van der Waals surface area contributed by atoms with Crippen LogP contribution in [0.3, 0.4) is 0 Å². The predicted octanol–water partition coefficient (Wildman–Crippen LogP) is 3.79. The van der Waals surface area contributed by atoms with Crippen LogP contribution in [0.15, 0.2) is 60.7 Å². The minimum Gasteiger partial charge on any atom is -0.478 e. The van der Waals surface area contributed by atoms with Crippen molar-refractivity contribution >= 4 is 11.9 Å². The van der Waals surface area contributed by atoms with Crippen LogP contribution in [0.25, 0.3) is 0 Å². The summed E-state index contributed by atoms with van der Waals surface area (Å²) in [7, 11) is 0. The van der Waals surface area contributed by atoms with Crippen LogP contribution < -0.4 is 0 Å². The fourth-order valence-corrected chi connectivity index (χ4v) is 2.04. The van der Waals surface area contributed by atoms with Gasteiger partial charge in [0, 0.05) is 0 Å². The highest BCUT2D eigenvalue weighted by atomic mass is 16.4. The lowest BCUT2D eigenvalue weighted by Crippen LogP contribution is -2.28. The highest BCUT2D eigenvalue weighted by molar-refractivity contribution is 5.87. The molecule has 6 heteroatoms. The fraction of sp³-hybridized carbons (Fsp3) is 0.364. The summed E-state index contributed by atoms with van der Waals surface area (Å²) in [5.41, 5.74) is 0.662. The Kier molecular flexibility index (Phi) is 12.2. The summed E-state index contributed by atoms with van der Waals surface area (Å²) in [6.07, 6.45) is -0.658. The highest BCUT2D eigenvalue weighted by Crippen LogP contribution is 2.18. The van der Waals surface area contributed by atoms with E-state index in [1.165, 1.54) is 0 Å². The van der Waals surface area contributed by atoms with E-state index < -0.39 is 11.9 Å². The van der Waals surface area contributed by atoms with Crippen molar-refractivity contribution < 1.29 is 30.0 Å². The summed E-state index contributed by atoms with van der Waals surface area (Å²) in [4.78, 5) is 20.4. The molecule has 0 bridgehead atoms. The van der Waals surface area contributed by atoms with E-state index >= 15 is 0 Å². The standard InChI is InChI=1S/C8H18O2.2C7H6O2/c1-5(7(3)9)6(2)8(4)10;2*8-7(9)6-4-2-1-3-5-6/h5-10H,1-4H3;2*1-5H,(H,8,9). The van der Waals surface area contributed by atoms with Gasteiger partial charge in [0.15, 0.2) is 0 Å². The van der Waals surface area contributed by atoms with Crippen molar-refractivity contribution in [3.8, 4) is 0 Å². The first kappa shape index (κ1) is 25.3. The maximum absolute atomic E-state index is 10.2. The van der Waals surface area contributed by atoms with Gasteiger partial charge >= 0.3 is 11.9 Å². The highest BCUT2D eigenvalue weighted by Gasteiger charge is 2.20. The van der Waals surface area contributed by atoms with Crippen LogP contribution in [0, 0.1) is 11.8 Å². The lowest BCUT2D eigenvalue weighted by Gasteiger charge is -2.24. The van der Waals surface area contributed by atoms with Crippen LogP contribution in [-0.4, -0.2) is 44.6 Å². The molecule has 4 atom stereocenters.